The standard InChI is InChI=1S/C23H17Br2NO3/c24-17-9-5-15(6-10-17)14-26-20-4-2-1-3-19(20)23(29,22(26)28)13-21(27)16-7-11-18(25)12-8-16/h1-12,29H,13-14H2. The highest BCUT2D eigenvalue weighted by atomic mass is 79.9. The van der Waals surface area contributed by atoms with E-state index in [1.807, 2.05) is 30.3 Å². The van der Waals surface area contributed by atoms with Crippen LogP contribution in [0.1, 0.15) is 27.9 Å². The number of ketones is 1. The van der Waals surface area contributed by atoms with Crippen molar-refractivity contribution in [2.24, 2.45) is 0 Å². The summed E-state index contributed by atoms with van der Waals surface area (Å²) in [6.07, 6.45) is -0.304. The molecule has 3 aromatic carbocycles. The lowest BCUT2D eigenvalue weighted by atomic mass is 9.88. The number of para-hydroxylation sites is 1. The fourth-order valence-corrected chi connectivity index (χ4v) is 4.11. The highest BCUT2D eigenvalue weighted by molar-refractivity contribution is 9.10. The van der Waals surface area contributed by atoms with Gasteiger partial charge in [0.15, 0.2) is 11.4 Å². The van der Waals surface area contributed by atoms with Crippen LogP contribution in [0.5, 0.6) is 0 Å². The summed E-state index contributed by atoms with van der Waals surface area (Å²) in [6, 6.07) is 21.7. The van der Waals surface area contributed by atoms with Crippen LogP contribution in [0.15, 0.2) is 81.7 Å². The second-order valence-corrected chi connectivity index (χ2v) is 8.83. The van der Waals surface area contributed by atoms with E-state index in [1.165, 1.54) is 0 Å². The molecule has 1 unspecified atom stereocenters. The first-order chi connectivity index (χ1) is 13.9. The smallest absolute Gasteiger partial charge is 0.264 e. The van der Waals surface area contributed by atoms with E-state index in [0.29, 0.717) is 23.4 Å². The molecular formula is C23H17Br2NO3. The predicted molar refractivity (Wildman–Crippen MR) is 119 cm³/mol. The summed E-state index contributed by atoms with van der Waals surface area (Å²) in [5.41, 5.74) is 0.605. The molecule has 146 valence electrons. The Hall–Kier alpha value is -2.28. The molecule has 0 bridgehead atoms. The van der Waals surface area contributed by atoms with Gasteiger partial charge in [-0.2, -0.15) is 0 Å². The van der Waals surface area contributed by atoms with Crippen molar-refractivity contribution in [2.45, 2.75) is 18.6 Å². The maximum Gasteiger partial charge on any atom is 0.264 e. The van der Waals surface area contributed by atoms with Crippen LogP contribution in [0.4, 0.5) is 5.69 Å². The van der Waals surface area contributed by atoms with Crippen LogP contribution in [0, 0.1) is 0 Å². The van der Waals surface area contributed by atoms with Crippen molar-refractivity contribution < 1.29 is 14.7 Å². The molecule has 0 aliphatic carbocycles. The molecule has 0 aromatic heterocycles. The Morgan fingerprint density at radius 3 is 2.14 bits per heavy atom. The lowest BCUT2D eigenvalue weighted by molar-refractivity contribution is -0.136. The van der Waals surface area contributed by atoms with Crippen LogP contribution in [0.3, 0.4) is 0 Å². The fraction of sp³-hybridized carbons (Fsp3) is 0.130. The average molecular weight is 515 g/mol. The second kappa shape index (κ2) is 7.86. The summed E-state index contributed by atoms with van der Waals surface area (Å²) in [6.45, 7) is 0.317. The van der Waals surface area contributed by atoms with E-state index >= 15 is 0 Å². The minimum atomic E-state index is -1.88. The number of carbonyl (C=O) groups is 2. The summed E-state index contributed by atoms with van der Waals surface area (Å²) in [7, 11) is 0. The van der Waals surface area contributed by atoms with Gasteiger partial charge in [-0.05, 0) is 35.9 Å². The zero-order valence-electron chi connectivity index (χ0n) is 15.3. The Morgan fingerprint density at radius 2 is 1.48 bits per heavy atom. The molecule has 1 aliphatic heterocycles. The largest absolute Gasteiger partial charge is 0.375 e. The topological polar surface area (TPSA) is 57.6 Å². The Bertz CT molecular complexity index is 1080. The van der Waals surface area contributed by atoms with Crippen LogP contribution in [-0.4, -0.2) is 16.8 Å². The van der Waals surface area contributed by atoms with Crippen molar-refractivity contribution in [2.75, 3.05) is 4.90 Å². The highest BCUT2D eigenvalue weighted by Gasteiger charge is 2.50. The van der Waals surface area contributed by atoms with Gasteiger partial charge in [-0.1, -0.05) is 74.3 Å². The Balaban J connectivity index is 1.66. The first kappa shape index (κ1) is 20.0. The molecule has 0 saturated carbocycles. The number of carbonyl (C=O) groups excluding carboxylic acids is 2. The number of rotatable bonds is 5. The van der Waals surface area contributed by atoms with Gasteiger partial charge in [0.25, 0.3) is 5.91 Å². The lowest BCUT2D eigenvalue weighted by Gasteiger charge is -2.23. The van der Waals surface area contributed by atoms with Crippen molar-refractivity contribution in [3.63, 3.8) is 0 Å². The Labute approximate surface area is 185 Å². The molecule has 1 heterocycles. The molecule has 4 rings (SSSR count). The van der Waals surface area contributed by atoms with Gasteiger partial charge in [0.05, 0.1) is 18.7 Å². The van der Waals surface area contributed by atoms with Crippen LogP contribution in [0.2, 0.25) is 0 Å². The summed E-state index contributed by atoms with van der Waals surface area (Å²) in [5, 5.41) is 11.4. The van der Waals surface area contributed by atoms with Crippen molar-refractivity contribution in [3.8, 4) is 0 Å². The second-order valence-electron chi connectivity index (χ2n) is 7.00. The van der Waals surface area contributed by atoms with Gasteiger partial charge in [0.1, 0.15) is 0 Å². The van der Waals surface area contributed by atoms with Gasteiger partial charge in [0.2, 0.25) is 0 Å². The van der Waals surface area contributed by atoms with Gasteiger partial charge in [-0.3, -0.25) is 9.59 Å². The van der Waals surface area contributed by atoms with Gasteiger partial charge in [-0.15, -0.1) is 0 Å². The van der Waals surface area contributed by atoms with Crippen molar-refractivity contribution in [1.82, 2.24) is 0 Å². The third-order valence-electron chi connectivity index (χ3n) is 5.08. The minimum Gasteiger partial charge on any atom is -0.375 e. The van der Waals surface area contributed by atoms with E-state index in [4.69, 9.17) is 0 Å². The van der Waals surface area contributed by atoms with Crippen LogP contribution >= 0.6 is 31.9 Å². The molecule has 1 N–H and O–H groups in total. The van der Waals surface area contributed by atoms with Crippen LogP contribution in [-0.2, 0) is 16.9 Å². The lowest BCUT2D eigenvalue weighted by Crippen LogP contribution is -2.41. The summed E-state index contributed by atoms with van der Waals surface area (Å²) >= 11 is 6.75. The number of aliphatic hydroxyl groups is 1. The number of fused-ring (bicyclic) bond motifs is 1. The zero-order valence-corrected chi connectivity index (χ0v) is 18.5. The SMILES string of the molecule is O=C(CC1(O)C(=O)N(Cc2ccc(Br)cc2)c2ccccc21)c1ccc(Br)cc1. The molecule has 6 heteroatoms. The van der Waals surface area contributed by atoms with Gasteiger partial charge in [0, 0.05) is 20.1 Å². The zero-order chi connectivity index (χ0) is 20.6. The molecule has 1 atom stereocenters. The number of amides is 1. The van der Waals surface area contributed by atoms with Crippen LogP contribution < -0.4 is 4.90 Å². The van der Waals surface area contributed by atoms with Crippen molar-refractivity contribution >= 4 is 49.2 Å². The maximum atomic E-state index is 13.3. The maximum absolute atomic E-state index is 13.3. The number of hydrogen-bond acceptors (Lipinski definition) is 3. The average Bonchev–Trinajstić information content (AvgIpc) is 2.92. The number of anilines is 1. The number of hydrogen-bond donors (Lipinski definition) is 1. The van der Waals surface area contributed by atoms with Crippen LogP contribution in [0.25, 0.3) is 0 Å². The Kier molecular flexibility index (Phi) is 5.42. The summed E-state index contributed by atoms with van der Waals surface area (Å²) < 4.78 is 1.81. The molecule has 0 radical (unpaired) electrons. The van der Waals surface area contributed by atoms with E-state index < -0.39 is 11.5 Å². The first-order valence-electron chi connectivity index (χ1n) is 9.05. The summed E-state index contributed by atoms with van der Waals surface area (Å²) in [5.74, 6) is -0.763. The third-order valence-corrected chi connectivity index (χ3v) is 6.13. The molecule has 0 saturated heterocycles. The fourth-order valence-electron chi connectivity index (χ4n) is 3.58. The van der Waals surface area contributed by atoms with E-state index in [0.717, 1.165) is 14.5 Å². The molecular weight excluding hydrogens is 498 g/mol. The number of Topliss-reactive ketones (excluding diaryl/α,β-unsaturated/α-hetero) is 1. The van der Waals surface area contributed by atoms with Gasteiger partial charge >= 0.3 is 0 Å². The number of nitrogens with zero attached hydrogens (tertiary/aromatic N) is 1. The van der Waals surface area contributed by atoms with Gasteiger partial charge in [-0.25, -0.2) is 0 Å². The monoisotopic (exact) mass is 513 g/mol. The number of benzene rings is 3. The minimum absolute atomic E-state index is 0.284. The third kappa shape index (κ3) is 3.80. The number of halogens is 2. The molecule has 4 nitrogen and oxygen atoms in total. The molecule has 0 spiro atoms. The predicted octanol–water partition coefficient (Wildman–Crippen LogP) is 5.22. The van der Waals surface area contributed by atoms with E-state index in [9.17, 15) is 14.7 Å². The van der Waals surface area contributed by atoms with Crippen molar-refractivity contribution in [1.29, 1.82) is 0 Å². The quantitative estimate of drug-likeness (QED) is 0.475. The highest BCUT2D eigenvalue weighted by Crippen LogP contribution is 2.43. The van der Waals surface area contributed by atoms with E-state index in [-0.39, 0.29) is 12.2 Å². The molecule has 3 aromatic rings. The molecule has 1 aliphatic rings. The van der Waals surface area contributed by atoms with Gasteiger partial charge < -0.3 is 10.0 Å². The normalized spacial score (nSPS) is 18.0. The first-order valence-corrected chi connectivity index (χ1v) is 10.6. The molecule has 0 fully saturated rings. The van der Waals surface area contributed by atoms with E-state index in [2.05, 4.69) is 31.9 Å². The van der Waals surface area contributed by atoms with E-state index in [1.54, 1.807) is 47.4 Å². The summed E-state index contributed by atoms with van der Waals surface area (Å²) in [4.78, 5) is 27.7. The Morgan fingerprint density at radius 1 is 0.897 bits per heavy atom. The van der Waals surface area contributed by atoms with Crippen molar-refractivity contribution in [3.05, 3.63) is 98.4 Å². The molecule has 29 heavy (non-hydrogen) atoms. The molecule has 1 amide bonds.